The van der Waals surface area contributed by atoms with Gasteiger partial charge in [-0.2, -0.15) is 0 Å². The quantitative estimate of drug-likeness (QED) is 0.861. The van der Waals surface area contributed by atoms with Crippen molar-refractivity contribution in [3.63, 3.8) is 0 Å². The van der Waals surface area contributed by atoms with Crippen LogP contribution in [0.3, 0.4) is 0 Å². The van der Waals surface area contributed by atoms with Gasteiger partial charge in [0.1, 0.15) is 0 Å². The van der Waals surface area contributed by atoms with Crippen LogP contribution in [0, 0.1) is 0 Å². The minimum Gasteiger partial charge on any atom is -0.368 e. The van der Waals surface area contributed by atoms with Crippen molar-refractivity contribution in [2.24, 2.45) is 0 Å². The van der Waals surface area contributed by atoms with Gasteiger partial charge in [-0.05, 0) is 31.0 Å². The van der Waals surface area contributed by atoms with E-state index >= 15 is 0 Å². The Balaban J connectivity index is 2.34. The van der Waals surface area contributed by atoms with Crippen LogP contribution in [0.1, 0.15) is 24.5 Å². The molecule has 0 amide bonds. The molecular formula is C11H10BrN3. The average Bonchev–Trinajstić information content (AvgIpc) is 3.01. The smallest absolute Gasteiger partial charge is 0.220 e. The van der Waals surface area contributed by atoms with E-state index in [1.54, 1.807) is 0 Å². The summed E-state index contributed by atoms with van der Waals surface area (Å²) in [6, 6.07) is 6.03. The first-order valence-corrected chi connectivity index (χ1v) is 5.76. The van der Waals surface area contributed by atoms with Gasteiger partial charge in [-0.1, -0.05) is 15.9 Å². The van der Waals surface area contributed by atoms with Gasteiger partial charge in [-0.15, -0.1) is 0 Å². The molecule has 0 spiro atoms. The van der Waals surface area contributed by atoms with Gasteiger partial charge in [-0.3, -0.25) is 0 Å². The van der Waals surface area contributed by atoms with Crippen molar-refractivity contribution >= 4 is 32.8 Å². The molecule has 3 rings (SSSR count). The third-order valence-corrected chi connectivity index (χ3v) is 3.16. The molecule has 1 aromatic heterocycles. The molecule has 0 radical (unpaired) electrons. The van der Waals surface area contributed by atoms with Crippen LogP contribution in [0.5, 0.6) is 0 Å². The number of aromatic nitrogens is 2. The van der Waals surface area contributed by atoms with Gasteiger partial charge in [0.25, 0.3) is 0 Å². The molecular weight excluding hydrogens is 254 g/mol. The van der Waals surface area contributed by atoms with Crippen molar-refractivity contribution in [3.8, 4) is 0 Å². The zero-order valence-electron chi connectivity index (χ0n) is 8.07. The van der Waals surface area contributed by atoms with E-state index in [9.17, 15) is 0 Å². The van der Waals surface area contributed by atoms with Crippen LogP contribution in [-0.4, -0.2) is 9.97 Å². The lowest BCUT2D eigenvalue weighted by Gasteiger charge is -2.05. The molecule has 4 heteroatoms. The second kappa shape index (κ2) is 3.17. The maximum atomic E-state index is 5.69. The average molecular weight is 264 g/mol. The van der Waals surface area contributed by atoms with Crippen LogP contribution in [0.4, 0.5) is 5.95 Å². The van der Waals surface area contributed by atoms with Gasteiger partial charge in [-0.25, -0.2) is 9.97 Å². The predicted molar refractivity (Wildman–Crippen MR) is 63.6 cm³/mol. The van der Waals surface area contributed by atoms with Crippen molar-refractivity contribution in [2.45, 2.75) is 18.8 Å². The first-order valence-electron chi connectivity index (χ1n) is 4.97. The molecule has 1 saturated carbocycles. The third kappa shape index (κ3) is 1.59. The van der Waals surface area contributed by atoms with Gasteiger partial charge >= 0.3 is 0 Å². The molecule has 0 bridgehead atoms. The number of nitrogens with zero attached hydrogens (tertiary/aromatic N) is 2. The van der Waals surface area contributed by atoms with Crippen LogP contribution < -0.4 is 5.73 Å². The zero-order chi connectivity index (χ0) is 10.4. The maximum absolute atomic E-state index is 5.69. The number of hydrogen-bond acceptors (Lipinski definition) is 3. The van der Waals surface area contributed by atoms with Crippen molar-refractivity contribution in [1.82, 2.24) is 9.97 Å². The van der Waals surface area contributed by atoms with Crippen molar-refractivity contribution < 1.29 is 0 Å². The molecule has 0 saturated heterocycles. The first kappa shape index (κ1) is 9.09. The highest BCUT2D eigenvalue weighted by Gasteiger charge is 2.27. The van der Waals surface area contributed by atoms with Crippen LogP contribution in [0.2, 0.25) is 0 Å². The summed E-state index contributed by atoms with van der Waals surface area (Å²) in [5.74, 6) is 0.971. The highest BCUT2D eigenvalue weighted by Crippen LogP contribution is 2.42. The summed E-state index contributed by atoms with van der Waals surface area (Å²) in [5.41, 5.74) is 7.74. The molecule has 1 fully saturated rings. The van der Waals surface area contributed by atoms with E-state index in [0.29, 0.717) is 11.9 Å². The lowest BCUT2D eigenvalue weighted by molar-refractivity contribution is 1.03. The fraction of sp³-hybridized carbons (Fsp3) is 0.273. The lowest BCUT2D eigenvalue weighted by atomic mass is 10.1. The molecule has 76 valence electrons. The normalized spacial score (nSPS) is 15.8. The summed E-state index contributed by atoms with van der Waals surface area (Å²) in [5, 5.41) is 1.13. The second-order valence-electron chi connectivity index (χ2n) is 3.90. The summed E-state index contributed by atoms with van der Waals surface area (Å²) < 4.78 is 1.06. The highest BCUT2D eigenvalue weighted by molar-refractivity contribution is 9.10. The number of halogens is 1. The SMILES string of the molecule is Nc1nc(C2CC2)c2cc(Br)ccc2n1. The largest absolute Gasteiger partial charge is 0.368 e. The lowest BCUT2D eigenvalue weighted by Crippen LogP contribution is -1.99. The number of anilines is 1. The molecule has 2 N–H and O–H groups in total. The summed E-state index contributed by atoms with van der Waals surface area (Å²) in [7, 11) is 0. The monoisotopic (exact) mass is 263 g/mol. The first-order chi connectivity index (χ1) is 7.24. The summed E-state index contributed by atoms with van der Waals surface area (Å²) in [4.78, 5) is 8.58. The number of benzene rings is 1. The number of hydrogen-bond donors (Lipinski definition) is 1. The Morgan fingerprint density at radius 2 is 2.07 bits per heavy atom. The van der Waals surface area contributed by atoms with E-state index in [2.05, 4.69) is 32.0 Å². The molecule has 2 aromatic rings. The van der Waals surface area contributed by atoms with Crippen molar-refractivity contribution in [3.05, 3.63) is 28.4 Å². The Kier molecular flexibility index (Phi) is 1.92. The van der Waals surface area contributed by atoms with Crippen LogP contribution >= 0.6 is 15.9 Å². The summed E-state index contributed by atoms with van der Waals surface area (Å²) in [6.07, 6.45) is 2.44. The third-order valence-electron chi connectivity index (χ3n) is 2.67. The highest BCUT2D eigenvalue weighted by atomic mass is 79.9. The van der Waals surface area contributed by atoms with Crippen molar-refractivity contribution in [2.75, 3.05) is 5.73 Å². The molecule has 3 nitrogen and oxygen atoms in total. The fourth-order valence-electron chi connectivity index (χ4n) is 1.81. The van der Waals surface area contributed by atoms with E-state index in [1.165, 1.54) is 12.8 Å². The van der Waals surface area contributed by atoms with E-state index in [-0.39, 0.29) is 0 Å². The predicted octanol–water partition coefficient (Wildman–Crippen LogP) is 2.85. The topological polar surface area (TPSA) is 51.8 Å². The standard InChI is InChI=1S/C11H10BrN3/c12-7-3-4-9-8(5-7)10(6-1-2-6)15-11(13)14-9/h3-6H,1-2H2,(H2,13,14,15). The maximum Gasteiger partial charge on any atom is 0.220 e. The molecule has 15 heavy (non-hydrogen) atoms. The van der Waals surface area contributed by atoms with E-state index in [0.717, 1.165) is 21.1 Å². The molecule has 0 atom stereocenters. The molecule has 0 unspecified atom stereocenters. The Bertz CT molecular complexity index is 535. The minimum atomic E-state index is 0.381. The Labute approximate surface area is 95.8 Å². The number of nitrogens with two attached hydrogens (primary N) is 1. The van der Waals surface area contributed by atoms with Gasteiger partial charge < -0.3 is 5.73 Å². The fourth-order valence-corrected chi connectivity index (χ4v) is 2.17. The Hall–Kier alpha value is -1.16. The number of nitrogen functional groups attached to an aromatic ring is 1. The van der Waals surface area contributed by atoms with E-state index < -0.39 is 0 Å². The molecule has 1 heterocycles. The van der Waals surface area contributed by atoms with Crippen LogP contribution in [0.25, 0.3) is 10.9 Å². The summed E-state index contributed by atoms with van der Waals surface area (Å²) in [6.45, 7) is 0. The molecule has 1 aliphatic carbocycles. The molecule has 0 aliphatic heterocycles. The van der Waals surface area contributed by atoms with Crippen molar-refractivity contribution in [1.29, 1.82) is 0 Å². The second-order valence-corrected chi connectivity index (χ2v) is 4.82. The number of fused-ring (bicyclic) bond motifs is 1. The van der Waals surface area contributed by atoms with Gasteiger partial charge in [0.2, 0.25) is 5.95 Å². The Morgan fingerprint density at radius 3 is 2.80 bits per heavy atom. The van der Waals surface area contributed by atoms with Crippen LogP contribution in [0.15, 0.2) is 22.7 Å². The Morgan fingerprint density at radius 1 is 1.27 bits per heavy atom. The van der Waals surface area contributed by atoms with E-state index in [4.69, 9.17) is 5.73 Å². The molecule has 1 aromatic carbocycles. The summed E-state index contributed by atoms with van der Waals surface area (Å²) >= 11 is 3.47. The van der Waals surface area contributed by atoms with Gasteiger partial charge in [0.15, 0.2) is 0 Å². The van der Waals surface area contributed by atoms with Gasteiger partial charge in [0, 0.05) is 15.8 Å². The van der Waals surface area contributed by atoms with Crippen LogP contribution in [-0.2, 0) is 0 Å². The zero-order valence-corrected chi connectivity index (χ0v) is 9.66. The number of rotatable bonds is 1. The van der Waals surface area contributed by atoms with E-state index in [1.807, 2.05) is 12.1 Å². The molecule has 1 aliphatic rings. The minimum absolute atomic E-state index is 0.381. The van der Waals surface area contributed by atoms with Gasteiger partial charge in [0.05, 0.1) is 11.2 Å².